The molecule has 0 aliphatic rings. The van der Waals surface area contributed by atoms with Crippen LogP contribution in [0.1, 0.15) is 44.4 Å². The molecule has 1 amide bonds. The monoisotopic (exact) mass is 368 g/mol. The summed E-state index contributed by atoms with van der Waals surface area (Å²) in [6.07, 6.45) is -0.543. The molecule has 0 radical (unpaired) electrons. The lowest BCUT2D eigenvalue weighted by atomic mass is 9.87. The van der Waals surface area contributed by atoms with Crippen LogP contribution >= 0.6 is 0 Å². The highest BCUT2D eigenvalue weighted by Gasteiger charge is 2.16. The summed E-state index contributed by atoms with van der Waals surface area (Å²) in [5.41, 5.74) is 3.67. The standard InChI is InChI=1S/C23H32N2O2/c1-17(27-21-13-11-20(12-14-21)23(2,3)4)22(26)24-15-18-7-9-19(10-8-18)16-25(5)6/h7-14,17H,15-16H2,1-6H3,(H,24,26). The second-order valence-electron chi connectivity index (χ2n) is 8.31. The van der Waals surface area contributed by atoms with Crippen LogP contribution in [0.2, 0.25) is 0 Å². The van der Waals surface area contributed by atoms with Gasteiger partial charge >= 0.3 is 0 Å². The number of hydrogen-bond donors (Lipinski definition) is 1. The van der Waals surface area contributed by atoms with Crippen LogP contribution in [0.3, 0.4) is 0 Å². The first-order valence-electron chi connectivity index (χ1n) is 9.42. The van der Waals surface area contributed by atoms with Gasteiger partial charge in [0.2, 0.25) is 0 Å². The molecule has 0 aromatic heterocycles. The molecule has 0 bridgehead atoms. The summed E-state index contributed by atoms with van der Waals surface area (Å²) in [6.45, 7) is 9.69. The Hall–Kier alpha value is -2.33. The Morgan fingerprint density at radius 3 is 2.07 bits per heavy atom. The SMILES string of the molecule is CC(Oc1ccc(C(C)(C)C)cc1)C(=O)NCc1ccc(CN(C)C)cc1. The van der Waals surface area contributed by atoms with Crippen LogP contribution in [0, 0.1) is 0 Å². The maximum Gasteiger partial charge on any atom is 0.261 e. The number of carbonyl (C=O) groups excluding carboxylic acids is 1. The zero-order chi connectivity index (χ0) is 20.0. The van der Waals surface area contributed by atoms with Crippen molar-refractivity contribution in [3.63, 3.8) is 0 Å². The van der Waals surface area contributed by atoms with Gasteiger partial charge < -0.3 is 15.0 Å². The third-order valence-electron chi connectivity index (χ3n) is 4.39. The third kappa shape index (κ3) is 6.72. The van der Waals surface area contributed by atoms with Crippen molar-refractivity contribution in [2.75, 3.05) is 14.1 Å². The Morgan fingerprint density at radius 1 is 1.00 bits per heavy atom. The van der Waals surface area contributed by atoms with Crippen molar-refractivity contribution in [3.05, 3.63) is 65.2 Å². The number of carbonyl (C=O) groups is 1. The highest BCUT2D eigenvalue weighted by molar-refractivity contribution is 5.80. The van der Waals surface area contributed by atoms with E-state index in [1.165, 1.54) is 11.1 Å². The molecule has 2 aromatic rings. The van der Waals surface area contributed by atoms with Crippen LogP contribution in [0.15, 0.2) is 48.5 Å². The predicted octanol–water partition coefficient (Wildman–Crippen LogP) is 4.13. The van der Waals surface area contributed by atoms with Gasteiger partial charge in [0, 0.05) is 13.1 Å². The van der Waals surface area contributed by atoms with Crippen LogP contribution in [-0.2, 0) is 23.3 Å². The molecule has 0 fully saturated rings. The van der Waals surface area contributed by atoms with Gasteiger partial charge in [-0.05, 0) is 55.3 Å². The zero-order valence-electron chi connectivity index (χ0n) is 17.4. The smallest absolute Gasteiger partial charge is 0.261 e. The fourth-order valence-corrected chi connectivity index (χ4v) is 2.75. The van der Waals surface area contributed by atoms with E-state index in [9.17, 15) is 4.79 Å². The van der Waals surface area contributed by atoms with E-state index in [0.717, 1.165) is 12.1 Å². The molecule has 1 N–H and O–H groups in total. The molecule has 1 unspecified atom stereocenters. The summed E-state index contributed by atoms with van der Waals surface area (Å²) in [5, 5.41) is 2.94. The minimum absolute atomic E-state index is 0.101. The number of nitrogens with one attached hydrogen (secondary N) is 1. The molecule has 2 aromatic carbocycles. The fourth-order valence-electron chi connectivity index (χ4n) is 2.75. The van der Waals surface area contributed by atoms with Gasteiger partial charge in [-0.2, -0.15) is 0 Å². The van der Waals surface area contributed by atoms with Crippen LogP contribution in [0.5, 0.6) is 5.75 Å². The Morgan fingerprint density at radius 2 is 1.56 bits per heavy atom. The molecule has 0 aliphatic heterocycles. The maximum absolute atomic E-state index is 12.3. The van der Waals surface area contributed by atoms with E-state index in [1.54, 1.807) is 6.92 Å². The Labute approximate surface area is 163 Å². The zero-order valence-corrected chi connectivity index (χ0v) is 17.4. The fraction of sp³-hybridized carbons (Fsp3) is 0.435. The summed E-state index contributed by atoms with van der Waals surface area (Å²) in [7, 11) is 4.10. The molecule has 0 spiro atoms. The van der Waals surface area contributed by atoms with Crippen molar-refractivity contribution in [1.29, 1.82) is 0 Å². The largest absolute Gasteiger partial charge is 0.481 e. The summed E-state index contributed by atoms with van der Waals surface area (Å²) in [4.78, 5) is 14.4. The highest BCUT2D eigenvalue weighted by atomic mass is 16.5. The van der Waals surface area contributed by atoms with Crippen molar-refractivity contribution in [1.82, 2.24) is 10.2 Å². The van der Waals surface area contributed by atoms with Crippen LogP contribution < -0.4 is 10.1 Å². The number of benzene rings is 2. The van der Waals surface area contributed by atoms with E-state index < -0.39 is 6.10 Å². The van der Waals surface area contributed by atoms with Gasteiger partial charge in [-0.25, -0.2) is 0 Å². The average Bonchev–Trinajstić information content (AvgIpc) is 2.60. The third-order valence-corrected chi connectivity index (χ3v) is 4.39. The number of ether oxygens (including phenoxy) is 1. The second-order valence-corrected chi connectivity index (χ2v) is 8.31. The lowest BCUT2D eigenvalue weighted by Gasteiger charge is -2.20. The van der Waals surface area contributed by atoms with Crippen molar-refractivity contribution in [2.24, 2.45) is 0 Å². The topological polar surface area (TPSA) is 41.6 Å². The van der Waals surface area contributed by atoms with E-state index in [-0.39, 0.29) is 11.3 Å². The molecule has 146 valence electrons. The molecular formula is C23H32N2O2. The average molecular weight is 369 g/mol. The normalized spacial score (nSPS) is 12.7. The molecular weight excluding hydrogens is 336 g/mol. The quantitative estimate of drug-likeness (QED) is 0.799. The Bertz CT molecular complexity index is 728. The van der Waals surface area contributed by atoms with E-state index in [4.69, 9.17) is 4.74 Å². The van der Waals surface area contributed by atoms with Gasteiger partial charge in [-0.3, -0.25) is 4.79 Å². The van der Waals surface area contributed by atoms with E-state index >= 15 is 0 Å². The van der Waals surface area contributed by atoms with Crippen molar-refractivity contribution in [2.45, 2.75) is 52.3 Å². The first-order valence-corrected chi connectivity index (χ1v) is 9.42. The molecule has 2 rings (SSSR count). The summed E-state index contributed by atoms with van der Waals surface area (Å²) in [5.74, 6) is 0.589. The van der Waals surface area contributed by atoms with E-state index in [0.29, 0.717) is 12.3 Å². The first kappa shape index (κ1) is 21.0. The molecule has 1 atom stereocenters. The number of amides is 1. The van der Waals surface area contributed by atoms with Crippen LogP contribution in [0.25, 0.3) is 0 Å². The van der Waals surface area contributed by atoms with Gasteiger partial charge in [0.05, 0.1) is 0 Å². The van der Waals surface area contributed by atoms with Gasteiger partial charge in [0.15, 0.2) is 6.10 Å². The van der Waals surface area contributed by atoms with Crippen molar-refractivity contribution in [3.8, 4) is 5.75 Å². The Balaban J connectivity index is 1.85. The van der Waals surface area contributed by atoms with Gasteiger partial charge in [0.1, 0.15) is 5.75 Å². The maximum atomic E-state index is 12.3. The summed E-state index contributed by atoms with van der Waals surface area (Å²) < 4.78 is 5.78. The van der Waals surface area contributed by atoms with Gasteiger partial charge in [0.25, 0.3) is 5.91 Å². The lowest BCUT2D eigenvalue weighted by Crippen LogP contribution is -2.35. The van der Waals surface area contributed by atoms with Crippen LogP contribution in [-0.4, -0.2) is 31.0 Å². The van der Waals surface area contributed by atoms with E-state index in [2.05, 4.69) is 67.4 Å². The Kier molecular flexibility index (Phi) is 7.03. The summed E-state index contributed by atoms with van der Waals surface area (Å²) >= 11 is 0. The number of hydrogen-bond acceptors (Lipinski definition) is 3. The predicted molar refractivity (Wildman–Crippen MR) is 111 cm³/mol. The van der Waals surface area contributed by atoms with Gasteiger partial charge in [-0.15, -0.1) is 0 Å². The summed E-state index contributed by atoms with van der Waals surface area (Å²) in [6, 6.07) is 16.2. The van der Waals surface area contributed by atoms with E-state index in [1.807, 2.05) is 26.2 Å². The molecule has 4 nitrogen and oxygen atoms in total. The molecule has 0 saturated carbocycles. The molecule has 4 heteroatoms. The molecule has 27 heavy (non-hydrogen) atoms. The molecule has 0 heterocycles. The van der Waals surface area contributed by atoms with Crippen molar-refractivity contribution >= 4 is 5.91 Å². The van der Waals surface area contributed by atoms with Crippen LogP contribution in [0.4, 0.5) is 0 Å². The van der Waals surface area contributed by atoms with Gasteiger partial charge in [-0.1, -0.05) is 57.2 Å². The van der Waals surface area contributed by atoms with Crippen molar-refractivity contribution < 1.29 is 9.53 Å². The molecule has 0 saturated heterocycles. The minimum atomic E-state index is -0.543. The number of nitrogens with zero attached hydrogens (tertiary/aromatic N) is 1. The minimum Gasteiger partial charge on any atom is -0.481 e. The second kappa shape index (κ2) is 9.05. The highest BCUT2D eigenvalue weighted by Crippen LogP contribution is 2.24. The lowest BCUT2D eigenvalue weighted by molar-refractivity contribution is -0.127. The molecule has 0 aliphatic carbocycles. The number of rotatable bonds is 7. The first-order chi connectivity index (χ1) is 12.6.